The summed E-state index contributed by atoms with van der Waals surface area (Å²) in [5.74, 6) is -0.742. The number of hydrogen-bond donors (Lipinski definition) is 2. The molecule has 0 aliphatic rings. The Morgan fingerprint density at radius 2 is 1.75 bits per heavy atom. The molecule has 2 atom stereocenters. The van der Waals surface area contributed by atoms with E-state index in [0.717, 1.165) is 10.0 Å². The molecule has 0 saturated carbocycles. The van der Waals surface area contributed by atoms with Gasteiger partial charge in [0.05, 0.1) is 17.5 Å². The molecule has 0 aliphatic heterocycles. The minimum absolute atomic E-state index is 0.0499. The number of esters is 1. The maximum absolute atomic E-state index is 12.9. The number of hydrogen-bond acceptors (Lipinski definition) is 5. The van der Waals surface area contributed by atoms with Crippen molar-refractivity contribution in [1.82, 2.24) is 10.0 Å². The number of carbonyl (C=O) groups is 2. The maximum atomic E-state index is 12.9. The molecule has 2 aromatic rings. The van der Waals surface area contributed by atoms with Gasteiger partial charge in [-0.25, -0.2) is 17.9 Å². The fourth-order valence-corrected chi connectivity index (χ4v) is 4.06. The van der Waals surface area contributed by atoms with Crippen LogP contribution in [0, 0.1) is 6.92 Å². The highest BCUT2D eigenvalue weighted by Gasteiger charge is 2.34. The molecule has 0 fully saturated rings. The molecule has 150 valence electrons. The molecule has 0 radical (unpaired) electrons. The van der Waals surface area contributed by atoms with E-state index in [1.54, 1.807) is 43.3 Å². The largest absolute Gasteiger partial charge is 0.464 e. The van der Waals surface area contributed by atoms with Gasteiger partial charge < -0.3 is 10.1 Å². The minimum Gasteiger partial charge on any atom is -0.464 e. The Kier molecular flexibility index (Phi) is 7.73. The molecule has 9 heteroatoms. The summed E-state index contributed by atoms with van der Waals surface area (Å²) in [4.78, 5) is 23.5. The highest BCUT2D eigenvalue weighted by atomic mass is 79.9. The zero-order chi connectivity index (χ0) is 20.7. The van der Waals surface area contributed by atoms with Crippen LogP contribution in [0.1, 0.15) is 24.1 Å². The van der Waals surface area contributed by atoms with Crippen LogP contribution in [0.5, 0.6) is 0 Å². The molecule has 2 aromatic carbocycles. The van der Waals surface area contributed by atoms with Crippen LogP contribution in [0.25, 0.3) is 0 Å². The molecule has 2 N–H and O–H groups in total. The highest BCUT2D eigenvalue weighted by Crippen LogP contribution is 2.23. The number of ether oxygens (including phenoxy) is 1. The van der Waals surface area contributed by atoms with Crippen molar-refractivity contribution in [3.63, 3.8) is 0 Å². The molecular formula is C19H21BrN2O5S. The van der Waals surface area contributed by atoms with Crippen molar-refractivity contribution in [1.29, 1.82) is 0 Å². The average Bonchev–Trinajstić information content (AvgIpc) is 2.66. The van der Waals surface area contributed by atoms with Crippen LogP contribution in [0.3, 0.4) is 0 Å². The first-order chi connectivity index (χ1) is 13.3. The van der Waals surface area contributed by atoms with Gasteiger partial charge >= 0.3 is 5.97 Å². The van der Waals surface area contributed by atoms with Gasteiger partial charge in [0.2, 0.25) is 16.4 Å². The van der Waals surface area contributed by atoms with Crippen molar-refractivity contribution in [2.24, 2.45) is 0 Å². The van der Waals surface area contributed by atoms with Gasteiger partial charge in [-0.05, 0) is 43.7 Å². The van der Waals surface area contributed by atoms with Gasteiger partial charge in [0.25, 0.3) is 0 Å². The molecule has 0 spiro atoms. The molecule has 28 heavy (non-hydrogen) atoms. The molecule has 0 aromatic heterocycles. The lowest BCUT2D eigenvalue weighted by Gasteiger charge is -2.26. The van der Waals surface area contributed by atoms with E-state index in [4.69, 9.17) is 4.74 Å². The van der Waals surface area contributed by atoms with E-state index in [0.29, 0.717) is 12.0 Å². The molecule has 0 aliphatic carbocycles. The Bertz CT molecular complexity index is 914. The van der Waals surface area contributed by atoms with E-state index >= 15 is 0 Å². The fourth-order valence-electron chi connectivity index (χ4n) is 2.56. The van der Waals surface area contributed by atoms with Crippen LogP contribution in [0.4, 0.5) is 0 Å². The first-order valence-corrected chi connectivity index (χ1v) is 10.8. The van der Waals surface area contributed by atoms with Crippen molar-refractivity contribution in [2.45, 2.75) is 30.8 Å². The second-order valence-electron chi connectivity index (χ2n) is 5.98. The Hall–Kier alpha value is -2.23. The predicted molar refractivity (Wildman–Crippen MR) is 108 cm³/mol. The summed E-state index contributed by atoms with van der Waals surface area (Å²) in [6.45, 7) is 3.56. The molecule has 1 amide bonds. The third-order valence-electron chi connectivity index (χ3n) is 3.96. The Morgan fingerprint density at radius 1 is 1.14 bits per heavy atom. The predicted octanol–water partition coefficient (Wildman–Crippen LogP) is 2.45. The van der Waals surface area contributed by atoms with E-state index in [2.05, 4.69) is 26.0 Å². The summed E-state index contributed by atoms with van der Waals surface area (Å²) in [5, 5.41) is 2.37. The van der Waals surface area contributed by atoms with Gasteiger partial charge in [-0.1, -0.05) is 45.8 Å². The zero-order valence-corrected chi connectivity index (χ0v) is 17.8. The van der Waals surface area contributed by atoms with E-state index in [1.165, 1.54) is 12.1 Å². The first kappa shape index (κ1) is 22.1. The van der Waals surface area contributed by atoms with Crippen LogP contribution in [-0.4, -0.2) is 33.4 Å². The van der Waals surface area contributed by atoms with Crippen molar-refractivity contribution in [3.05, 3.63) is 64.1 Å². The second-order valence-corrected chi connectivity index (χ2v) is 8.61. The summed E-state index contributed by atoms with van der Waals surface area (Å²) in [6, 6.07) is 10.7. The van der Waals surface area contributed by atoms with Crippen LogP contribution >= 0.6 is 15.9 Å². The molecule has 0 saturated heterocycles. The van der Waals surface area contributed by atoms with E-state index in [-0.39, 0.29) is 11.5 Å². The Morgan fingerprint density at radius 3 is 2.29 bits per heavy atom. The number of halogens is 1. The number of nitrogens with one attached hydrogen (secondary N) is 2. The van der Waals surface area contributed by atoms with Crippen molar-refractivity contribution in [3.8, 4) is 0 Å². The van der Waals surface area contributed by atoms with Crippen LogP contribution < -0.4 is 10.0 Å². The number of amides is 1. The summed E-state index contributed by atoms with van der Waals surface area (Å²) in [7, 11) is -3.97. The third kappa shape index (κ3) is 5.63. The van der Waals surface area contributed by atoms with E-state index in [9.17, 15) is 18.0 Å². The van der Waals surface area contributed by atoms with Crippen LogP contribution in [0.2, 0.25) is 0 Å². The SMILES string of the molecule is CCOC(=O)[C@H](NC=O)[C@H](NS(=O)(=O)c1ccc(C)cc1)c1ccc(Br)cc1. The molecule has 2 rings (SSSR count). The number of benzene rings is 2. The van der Waals surface area contributed by atoms with Gasteiger partial charge in [-0.3, -0.25) is 4.79 Å². The average molecular weight is 469 g/mol. The monoisotopic (exact) mass is 468 g/mol. The number of sulfonamides is 1. The molecular weight excluding hydrogens is 448 g/mol. The molecule has 0 heterocycles. The van der Waals surface area contributed by atoms with Crippen LogP contribution in [-0.2, 0) is 24.3 Å². The van der Waals surface area contributed by atoms with Gasteiger partial charge in [0.15, 0.2) is 0 Å². The van der Waals surface area contributed by atoms with Crippen LogP contribution in [0.15, 0.2) is 57.9 Å². The Labute approximate surface area is 172 Å². The van der Waals surface area contributed by atoms with E-state index in [1.807, 2.05) is 6.92 Å². The first-order valence-electron chi connectivity index (χ1n) is 8.49. The quantitative estimate of drug-likeness (QED) is 0.434. The number of carbonyl (C=O) groups excluding carboxylic acids is 2. The lowest BCUT2D eigenvalue weighted by Crippen LogP contribution is -2.48. The highest BCUT2D eigenvalue weighted by molar-refractivity contribution is 9.10. The third-order valence-corrected chi connectivity index (χ3v) is 5.95. The van der Waals surface area contributed by atoms with Gasteiger partial charge in [-0.2, -0.15) is 0 Å². The van der Waals surface area contributed by atoms with Gasteiger partial charge in [-0.15, -0.1) is 0 Å². The zero-order valence-electron chi connectivity index (χ0n) is 15.4. The topological polar surface area (TPSA) is 102 Å². The maximum Gasteiger partial charge on any atom is 0.330 e. The lowest BCUT2D eigenvalue weighted by molar-refractivity contribution is -0.147. The fraction of sp³-hybridized carbons (Fsp3) is 0.263. The minimum atomic E-state index is -3.97. The molecule has 7 nitrogen and oxygen atoms in total. The number of rotatable bonds is 9. The smallest absolute Gasteiger partial charge is 0.330 e. The standard InChI is InChI=1S/C19H21BrN2O5S/c1-3-27-19(24)18(21-12-23)17(14-6-8-15(20)9-7-14)22-28(25,26)16-10-4-13(2)5-11-16/h4-12,17-18,22H,3H2,1-2H3,(H,21,23)/t17-,18-/m1/s1. The summed E-state index contributed by atoms with van der Waals surface area (Å²) >= 11 is 3.32. The normalized spacial score (nSPS) is 13.4. The number of aryl methyl sites for hydroxylation is 1. The van der Waals surface area contributed by atoms with Crippen molar-refractivity contribution < 1.29 is 22.7 Å². The summed E-state index contributed by atoms with van der Waals surface area (Å²) < 4.78 is 34.1. The summed E-state index contributed by atoms with van der Waals surface area (Å²) in [5.41, 5.74) is 1.40. The summed E-state index contributed by atoms with van der Waals surface area (Å²) in [6.07, 6.45) is 0.341. The second kappa shape index (κ2) is 9.81. The van der Waals surface area contributed by atoms with Gasteiger partial charge in [0, 0.05) is 4.47 Å². The van der Waals surface area contributed by atoms with Crippen molar-refractivity contribution in [2.75, 3.05) is 6.61 Å². The van der Waals surface area contributed by atoms with E-state index < -0.39 is 28.1 Å². The Balaban J connectivity index is 2.47. The molecule has 0 unspecified atom stereocenters. The lowest BCUT2D eigenvalue weighted by atomic mass is 10.0. The molecule has 0 bridgehead atoms. The van der Waals surface area contributed by atoms with Crippen molar-refractivity contribution >= 4 is 38.3 Å². The van der Waals surface area contributed by atoms with Gasteiger partial charge in [0.1, 0.15) is 6.04 Å².